The Morgan fingerprint density at radius 3 is 2.25 bits per heavy atom. The number of nitrogens with one attached hydrogen (secondary N) is 1. The Kier molecular flexibility index (Phi) is 5.83. The summed E-state index contributed by atoms with van der Waals surface area (Å²) in [6.07, 6.45) is 0.508. The molecule has 0 atom stereocenters. The van der Waals surface area contributed by atoms with E-state index in [0.29, 0.717) is 18.7 Å². The lowest BCUT2D eigenvalue weighted by Gasteiger charge is -2.18. The van der Waals surface area contributed by atoms with Crippen molar-refractivity contribution in [3.05, 3.63) is 24.3 Å². The highest BCUT2D eigenvalue weighted by Crippen LogP contribution is 2.15. The summed E-state index contributed by atoms with van der Waals surface area (Å²) in [5.74, 6) is -0.849. The first-order valence-corrected chi connectivity index (χ1v) is 6.41. The molecule has 0 saturated carbocycles. The maximum atomic E-state index is 11.9. The smallest absolute Gasteiger partial charge is 0.321 e. The number of amides is 2. The van der Waals surface area contributed by atoms with Crippen LogP contribution in [0.2, 0.25) is 0 Å². The number of hydrogen-bond donors (Lipinski definition) is 2. The summed E-state index contributed by atoms with van der Waals surface area (Å²) in [5.41, 5.74) is 1.77. The van der Waals surface area contributed by atoms with Crippen LogP contribution in [0.15, 0.2) is 24.3 Å². The molecule has 0 saturated heterocycles. The van der Waals surface area contributed by atoms with Gasteiger partial charge in [-0.05, 0) is 30.7 Å². The molecule has 0 spiro atoms. The Hall–Kier alpha value is -2.24. The second-order valence-electron chi connectivity index (χ2n) is 4.79. The molecule has 20 heavy (non-hydrogen) atoms. The fourth-order valence-corrected chi connectivity index (χ4v) is 1.63. The molecule has 0 aliphatic heterocycles. The summed E-state index contributed by atoms with van der Waals surface area (Å²) in [6.45, 7) is 0.411. The number of carboxylic acid groups (broad SMARTS) is 1. The van der Waals surface area contributed by atoms with E-state index in [2.05, 4.69) is 5.32 Å². The highest BCUT2D eigenvalue weighted by atomic mass is 16.4. The van der Waals surface area contributed by atoms with Gasteiger partial charge in [-0.3, -0.25) is 4.79 Å². The third kappa shape index (κ3) is 5.17. The third-order valence-electron chi connectivity index (χ3n) is 2.87. The number of hydrogen-bond acceptors (Lipinski definition) is 3. The van der Waals surface area contributed by atoms with E-state index in [1.54, 1.807) is 7.05 Å². The number of carbonyl (C=O) groups excluding carboxylic acids is 1. The summed E-state index contributed by atoms with van der Waals surface area (Å²) in [4.78, 5) is 25.7. The highest BCUT2D eigenvalue weighted by Gasteiger charge is 2.09. The van der Waals surface area contributed by atoms with Crippen LogP contribution in [0.3, 0.4) is 0 Å². The number of nitrogens with zero attached hydrogens (tertiary/aromatic N) is 2. The van der Waals surface area contributed by atoms with E-state index in [9.17, 15) is 9.59 Å². The number of aliphatic carboxylic acids is 1. The van der Waals surface area contributed by atoms with Crippen LogP contribution in [0.5, 0.6) is 0 Å². The van der Waals surface area contributed by atoms with Crippen LogP contribution in [-0.4, -0.2) is 49.7 Å². The quantitative estimate of drug-likeness (QED) is 0.836. The molecule has 0 bridgehead atoms. The lowest BCUT2D eigenvalue weighted by Crippen LogP contribution is -2.32. The molecule has 0 unspecified atom stereocenters. The first-order valence-electron chi connectivity index (χ1n) is 6.41. The van der Waals surface area contributed by atoms with Crippen LogP contribution in [0.25, 0.3) is 0 Å². The molecule has 110 valence electrons. The molecule has 6 nitrogen and oxygen atoms in total. The van der Waals surface area contributed by atoms with E-state index in [0.717, 1.165) is 5.69 Å². The van der Waals surface area contributed by atoms with Gasteiger partial charge in [-0.2, -0.15) is 0 Å². The molecule has 6 heteroatoms. The van der Waals surface area contributed by atoms with Gasteiger partial charge in [0, 0.05) is 45.5 Å². The molecular formula is C14H21N3O3. The predicted molar refractivity (Wildman–Crippen MR) is 79.3 cm³/mol. The second-order valence-corrected chi connectivity index (χ2v) is 4.79. The summed E-state index contributed by atoms with van der Waals surface area (Å²) in [6, 6.07) is 7.25. The van der Waals surface area contributed by atoms with Crippen LogP contribution in [0, 0.1) is 0 Å². The molecule has 1 aromatic rings. The van der Waals surface area contributed by atoms with Crippen molar-refractivity contribution in [3.8, 4) is 0 Å². The molecule has 1 aromatic carbocycles. The topological polar surface area (TPSA) is 72.9 Å². The van der Waals surface area contributed by atoms with Crippen LogP contribution in [0.4, 0.5) is 16.2 Å². The lowest BCUT2D eigenvalue weighted by molar-refractivity contribution is -0.137. The van der Waals surface area contributed by atoms with Gasteiger partial charge in [0.15, 0.2) is 0 Å². The normalized spacial score (nSPS) is 9.95. The van der Waals surface area contributed by atoms with Gasteiger partial charge >= 0.3 is 12.0 Å². The maximum Gasteiger partial charge on any atom is 0.321 e. The van der Waals surface area contributed by atoms with E-state index in [1.807, 2.05) is 43.3 Å². The van der Waals surface area contributed by atoms with Crippen molar-refractivity contribution in [2.24, 2.45) is 0 Å². The Balaban J connectivity index is 2.46. The highest BCUT2D eigenvalue weighted by molar-refractivity contribution is 5.89. The first kappa shape index (κ1) is 15.8. The van der Waals surface area contributed by atoms with Gasteiger partial charge in [-0.15, -0.1) is 0 Å². The fourth-order valence-electron chi connectivity index (χ4n) is 1.63. The van der Waals surface area contributed by atoms with Crippen molar-refractivity contribution in [1.29, 1.82) is 0 Å². The van der Waals surface area contributed by atoms with Crippen molar-refractivity contribution in [2.75, 3.05) is 37.9 Å². The van der Waals surface area contributed by atoms with Crippen molar-refractivity contribution in [2.45, 2.75) is 12.8 Å². The van der Waals surface area contributed by atoms with Crippen LogP contribution in [0.1, 0.15) is 12.8 Å². The van der Waals surface area contributed by atoms with Gasteiger partial charge in [0.05, 0.1) is 0 Å². The summed E-state index contributed by atoms with van der Waals surface area (Å²) >= 11 is 0. The minimum atomic E-state index is -0.849. The largest absolute Gasteiger partial charge is 0.481 e. The predicted octanol–water partition coefficient (Wildman–Crippen LogP) is 2.08. The molecule has 2 amide bonds. The Morgan fingerprint density at radius 2 is 1.75 bits per heavy atom. The molecule has 2 N–H and O–H groups in total. The Morgan fingerprint density at radius 1 is 1.15 bits per heavy atom. The SMILES string of the molecule is CN(CCCC(=O)O)C(=O)Nc1ccc(N(C)C)cc1. The van der Waals surface area contributed by atoms with Crippen molar-refractivity contribution in [1.82, 2.24) is 4.90 Å². The van der Waals surface area contributed by atoms with Gasteiger partial charge in [0.25, 0.3) is 0 Å². The van der Waals surface area contributed by atoms with Gasteiger partial charge < -0.3 is 20.2 Å². The van der Waals surface area contributed by atoms with E-state index >= 15 is 0 Å². The zero-order valence-corrected chi connectivity index (χ0v) is 12.1. The van der Waals surface area contributed by atoms with Crippen LogP contribution >= 0.6 is 0 Å². The molecule has 0 fully saturated rings. The number of anilines is 2. The number of carboxylic acids is 1. The zero-order valence-electron chi connectivity index (χ0n) is 12.1. The van der Waals surface area contributed by atoms with Gasteiger partial charge in [-0.1, -0.05) is 0 Å². The third-order valence-corrected chi connectivity index (χ3v) is 2.87. The monoisotopic (exact) mass is 279 g/mol. The zero-order chi connectivity index (χ0) is 15.1. The maximum absolute atomic E-state index is 11.9. The van der Waals surface area contributed by atoms with Gasteiger partial charge in [0.1, 0.15) is 0 Å². The number of rotatable bonds is 6. The van der Waals surface area contributed by atoms with E-state index in [1.165, 1.54) is 4.90 Å². The molecule has 0 heterocycles. The minimum Gasteiger partial charge on any atom is -0.481 e. The Labute approximate surface area is 119 Å². The summed E-state index contributed by atoms with van der Waals surface area (Å²) in [5, 5.41) is 11.3. The summed E-state index contributed by atoms with van der Waals surface area (Å²) in [7, 11) is 5.54. The van der Waals surface area contributed by atoms with E-state index in [-0.39, 0.29) is 12.5 Å². The average Bonchev–Trinajstić information content (AvgIpc) is 2.38. The molecular weight excluding hydrogens is 258 g/mol. The number of urea groups is 1. The number of carbonyl (C=O) groups is 2. The van der Waals surface area contributed by atoms with E-state index in [4.69, 9.17) is 5.11 Å². The van der Waals surface area contributed by atoms with Crippen LogP contribution < -0.4 is 10.2 Å². The Bertz CT molecular complexity index is 457. The van der Waals surface area contributed by atoms with E-state index < -0.39 is 5.97 Å². The fraction of sp³-hybridized carbons (Fsp3) is 0.429. The van der Waals surface area contributed by atoms with Crippen molar-refractivity contribution in [3.63, 3.8) is 0 Å². The molecule has 0 aromatic heterocycles. The van der Waals surface area contributed by atoms with Gasteiger partial charge in [0.2, 0.25) is 0 Å². The molecule has 0 radical (unpaired) electrons. The average molecular weight is 279 g/mol. The number of benzene rings is 1. The van der Waals surface area contributed by atoms with Crippen molar-refractivity contribution < 1.29 is 14.7 Å². The van der Waals surface area contributed by atoms with Crippen LogP contribution in [-0.2, 0) is 4.79 Å². The second kappa shape index (κ2) is 7.37. The summed E-state index contributed by atoms with van der Waals surface area (Å²) < 4.78 is 0. The minimum absolute atomic E-state index is 0.0646. The lowest BCUT2D eigenvalue weighted by atomic mass is 10.2. The first-order chi connectivity index (χ1) is 9.40. The standard InChI is InChI=1S/C14H21N3O3/c1-16(2)12-8-6-11(7-9-12)15-14(20)17(3)10-4-5-13(18)19/h6-9H,4-5,10H2,1-3H3,(H,15,20)(H,18,19). The molecule has 0 aliphatic carbocycles. The van der Waals surface area contributed by atoms with Gasteiger partial charge in [-0.25, -0.2) is 4.79 Å². The molecule has 1 rings (SSSR count). The molecule has 0 aliphatic rings. The van der Waals surface area contributed by atoms with Crippen molar-refractivity contribution >= 4 is 23.4 Å².